The van der Waals surface area contributed by atoms with E-state index in [0.717, 1.165) is 33.4 Å². The summed E-state index contributed by atoms with van der Waals surface area (Å²) in [7, 11) is 0. The van der Waals surface area contributed by atoms with Crippen molar-refractivity contribution in [1.82, 2.24) is 0 Å². The lowest BCUT2D eigenvalue weighted by Gasteiger charge is -2.18. The van der Waals surface area contributed by atoms with Crippen molar-refractivity contribution in [2.45, 2.75) is 0 Å². The standard InChI is InChI=1S/C50H30OS/c1-3-14-32(15-4-1)49-43-30-46-42(29-44(43)51-50(49)33-16-5-2-6-17-33)41-28-36(25-26-45(41)52-46)48-39-21-11-9-19-37(39)47(38-20-10-12-22-40(38)48)35-24-23-31-13-7-8-18-34(31)27-35/h1-30H. The first-order chi connectivity index (χ1) is 25.8. The van der Waals surface area contributed by atoms with Crippen LogP contribution in [0.25, 0.3) is 108 Å². The maximum absolute atomic E-state index is 6.78. The summed E-state index contributed by atoms with van der Waals surface area (Å²) in [6.45, 7) is 0. The van der Waals surface area contributed by atoms with E-state index < -0.39 is 0 Å². The first kappa shape index (κ1) is 29.3. The molecule has 0 radical (unpaired) electrons. The summed E-state index contributed by atoms with van der Waals surface area (Å²) in [5, 5.41) is 11.2. The van der Waals surface area contributed by atoms with E-state index in [1.807, 2.05) is 11.3 Å². The van der Waals surface area contributed by atoms with Gasteiger partial charge in [0.2, 0.25) is 0 Å². The number of rotatable bonds is 4. The Bertz CT molecular complexity index is 3110. The molecule has 0 saturated carbocycles. The molecule has 2 aromatic heterocycles. The molecule has 242 valence electrons. The highest BCUT2D eigenvalue weighted by Gasteiger charge is 2.21. The third kappa shape index (κ3) is 4.48. The summed E-state index contributed by atoms with van der Waals surface area (Å²) in [6, 6.07) is 66.1. The van der Waals surface area contributed by atoms with Crippen LogP contribution in [0.2, 0.25) is 0 Å². The average Bonchev–Trinajstić information content (AvgIpc) is 3.76. The van der Waals surface area contributed by atoms with Crippen LogP contribution in [-0.2, 0) is 0 Å². The van der Waals surface area contributed by atoms with Crippen LogP contribution < -0.4 is 0 Å². The summed E-state index contributed by atoms with van der Waals surface area (Å²) in [4.78, 5) is 0. The molecule has 0 aliphatic rings. The fourth-order valence-electron chi connectivity index (χ4n) is 8.30. The normalized spacial score (nSPS) is 11.8. The second kappa shape index (κ2) is 11.5. The van der Waals surface area contributed by atoms with Crippen LogP contribution in [0.4, 0.5) is 0 Å². The van der Waals surface area contributed by atoms with Gasteiger partial charge in [-0.2, -0.15) is 0 Å². The first-order valence-electron chi connectivity index (χ1n) is 17.8. The lowest BCUT2D eigenvalue weighted by Crippen LogP contribution is -1.91. The van der Waals surface area contributed by atoms with Gasteiger partial charge in [-0.05, 0) is 90.5 Å². The maximum Gasteiger partial charge on any atom is 0.143 e. The highest BCUT2D eigenvalue weighted by atomic mass is 32.1. The minimum absolute atomic E-state index is 0.908. The van der Waals surface area contributed by atoms with Crippen LogP contribution in [0.3, 0.4) is 0 Å². The quantitative estimate of drug-likeness (QED) is 0.169. The third-order valence-corrected chi connectivity index (χ3v) is 11.8. The summed E-state index contributed by atoms with van der Waals surface area (Å²) >= 11 is 1.86. The van der Waals surface area contributed by atoms with Gasteiger partial charge in [-0.3, -0.25) is 0 Å². The SMILES string of the molecule is c1ccc(-c2oc3cc4c(cc3c2-c2ccccc2)sc2ccc(-c3c5ccccc5c(-c5ccc6ccccc6c5)c5ccccc35)cc24)cc1. The number of hydrogen-bond donors (Lipinski definition) is 0. The fourth-order valence-corrected chi connectivity index (χ4v) is 9.41. The largest absolute Gasteiger partial charge is 0.455 e. The summed E-state index contributed by atoms with van der Waals surface area (Å²) < 4.78 is 9.32. The van der Waals surface area contributed by atoms with Crippen molar-refractivity contribution in [3.8, 4) is 44.7 Å². The van der Waals surface area contributed by atoms with E-state index in [1.54, 1.807) is 0 Å². The van der Waals surface area contributed by atoms with Gasteiger partial charge in [-0.1, -0.05) is 152 Å². The van der Waals surface area contributed by atoms with E-state index in [-0.39, 0.29) is 0 Å². The predicted octanol–water partition coefficient (Wildman–Crippen LogP) is 14.9. The Balaban J connectivity index is 1.15. The van der Waals surface area contributed by atoms with E-state index in [2.05, 4.69) is 182 Å². The Kier molecular flexibility index (Phi) is 6.49. The highest BCUT2D eigenvalue weighted by molar-refractivity contribution is 7.25. The fraction of sp³-hybridized carbons (Fsp3) is 0. The lowest BCUT2D eigenvalue weighted by molar-refractivity contribution is 0.633. The Hall–Kier alpha value is -6.48. The van der Waals surface area contributed by atoms with Crippen molar-refractivity contribution in [2.24, 2.45) is 0 Å². The van der Waals surface area contributed by atoms with Gasteiger partial charge in [0.05, 0.1) is 0 Å². The predicted molar refractivity (Wildman–Crippen MR) is 223 cm³/mol. The first-order valence-corrected chi connectivity index (χ1v) is 18.6. The van der Waals surface area contributed by atoms with Crippen molar-refractivity contribution in [3.05, 3.63) is 182 Å². The van der Waals surface area contributed by atoms with E-state index in [0.29, 0.717) is 0 Å². The lowest BCUT2D eigenvalue weighted by atomic mass is 9.85. The van der Waals surface area contributed by atoms with Crippen molar-refractivity contribution in [2.75, 3.05) is 0 Å². The molecule has 0 aliphatic heterocycles. The molecule has 0 aliphatic carbocycles. The van der Waals surface area contributed by atoms with Gasteiger partial charge < -0.3 is 4.42 Å². The Morgan fingerprint density at radius 1 is 0.308 bits per heavy atom. The number of benzene rings is 9. The molecule has 0 bridgehead atoms. The zero-order valence-electron chi connectivity index (χ0n) is 28.1. The van der Waals surface area contributed by atoms with Gasteiger partial charge in [0, 0.05) is 36.7 Å². The van der Waals surface area contributed by atoms with E-state index >= 15 is 0 Å². The summed E-state index contributed by atoms with van der Waals surface area (Å²) in [5.74, 6) is 0.911. The molecule has 0 spiro atoms. The zero-order chi connectivity index (χ0) is 34.2. The molecule has 9 aromatic carbocycles. The Labute approximate surface area is 304 Å². The van der Waals surface area contributed by atoms with Gasteiger partial charge in [0.25, 0.3) is 0 Å². The molecule has 0 atom stereocenters. The number of fused-ring (bicyclic) bond motifs is 7. The second-order valence-corrected chi connectivity index (χ2v) is 14.7. The Morgan fingerprint density at radius 3 is 1.52 bits per heavy atom. The molecule has 2 heterocycles. The van der Waals surface area contributed by atoms with Crippen LogP contribution in [0, 0.1) is 0 Å². The Morgan fingerprint density at radius 2 is 0.846 bits per heavy atom. The topological polar surface area (TPSA) is 13.1 Å². The molecule has 0 saturated heterocycles. The minimum Gasteiger partial charge on any atom is -0.455 e. The van der Waals surface area contributed by atoms with Crippen LogP contribution in [-0.4, -0.2) is 0 Å². The molecule has 1 nitrogen and oxygen atoms in total. The van der Waals surface area contributed by atoms with Crippen molar-refractivity contribution >= 4 is 74.8 Å². The summed E-state index contributed by atoms with van der Waals surface area (Å²) in [6.07, 6.45) is 0. The van der Waals surface area contributed by atoms with Crippen molar-refractivity contribution < 1.29 is 4.42 Å². The van der Waals surface area contributed by atoms with Crippen molar-refractivity contribution in [3.63, 3.8) is 0 Å². The van der Waals surface area contributed by atoms with E-state index in [1.165, 1.54) is 74.7 Å². The van der Waals surface area contributed by atoms with Crippen LogP contribution >= 0.6 is 11.3 Å². The van der Waals surface area contributed by atoms with Gasteiger partial charge in [-0.15, -0.1) is 11.3 Å². The van der Waals surface area contributed by atoms with Gasteiger partial charge >= 0.3 is 0 Å². The summed E-state index contributed by atoms with van der Waals surface area (Å²) in [5.41, 5.74) is 9.31. The van der Waals surface area contributed by atoms with Gasteiger partial charge in [-0.25, -0.2) is 0 Å². The average molecular weight is 679 g/mol. The monoisotopic (exact) mass is 678 g/mol. The maximum atomic E-state index is 6.78. The molecule has 0 N–H and O–H groups in total. The highest BCUT2D eigenvalue weighted by Crippen LogP contribution is 2.48. The zero-order valence-corrected chi connectivity index (χ0v) is 29.0. The van der Waals surface area contributed by atoms with Crippen LogP contribution in [0.15, 0.2) is 186 Å². The van der Waals surface area contributed by atoms with E-state index in [4.69, 9.17) is 4.42 Å². The third-order valence-electron chi connectivity index (χ3n) is 10.6. The molecular weight excluding hydrogens is 649 g/mol. The van der Waals surface area contributed by atoms with Crippen LogP contribution in [0.5, 0.6) is 0 Å². The number of thiophene rings is 1. The van der Waals surface area contributed by atoms with Gasteiger partial charge in [0.1, 0.15) is 11.3 Å². The molecule has 11 rings (SSSR count). The molecular formula is C50H30OS. The van der Waals surface area contributed by atoms with Crippen molar-refractivity contribution in [1.29, 1.82) is 0 Å². The molecule has 52 heavy (non-hydrogen) atoms. The molecule has 0 unspecified atom stereocenters. The molecule has 0 amide bonds. The molecule has 0 fully saturated rings. The van der Waals surface area contributed by atoms with Crippen LogP contribution in [0.1, 0.15) is 0 Å². The second-order valence-electron chi connectivity index (χ2n) is 13.6. The number of furan rings is 1. The van der Waals surface area contributed by atoms with Gasteiger partial charge in [0.15, 0.2) is 0 Å². The molecule has 11 aromatic rings. The minimum atomic E-state index is 0.908. The number of hydrogen-bond acceptors (Lipinski definition) is 2. The smallest absolute Gasteiger partial charge is 0.143 e. The van der Waals surface area contributed by atoms with E-state index in [9.17, 15) is 0 Å². The molecule has 2 heteroatoms.